The van der Waals surface area contributed by atoms with Gasteiger partial charge < -0.3 is 15.7 Å². The van der Waals surface area contributed by atoms with E-state index in [-0.39, 0.29) is 30.9 Å². The maximum absolute atomic E-state index is 12.1. The van der Waals surface area contributed by atoms with E-state index < -0.39 is 11.4 Å². The lowest BCUT2D eigenvalue weighted by Gasteiger charge is -2.22. The minimum absolute atomic E-state index is 0.0792. The molecular formula is C18H28N4O4. The highest BCUT2D eigenvalue weighted by molar-refractivity contribution is 5.93. The van der Waals surface area contributed by atoms with Gasteiger partial charge in [0, 0.05) is 18.8 Å². The van der Waals surface area contributed by atoms with Gasteiger partial charge in [-0.1, -0.05) is 19.3 Å². The molecule has 0 saturated heterocycles. The summed E-state index contributed by atoms with van der Waals surface area (Å²) >= 11 is 0. The topological polar surface area (TPSA) is 113 Å². The van der Waals surface area contributed by atoms with Gasteiger partial charge in [-0.15, -0.1) is 0 Å². The molecule has 1 aromatic rings. The van der Waals surface area contributed by atoms with Crippen LogP contribution in [0.15, 0.2) is 12.4 Å². The molecule has 1 aliphatic carbocycles. The van der Waals surface area contributed by atoms with Gasteiger partial charge in [0.05, 0.1) is 17.2 Å². The molecule has 1 heterocycles. The molecule has 0 radical (unpaired) electrons. The molecule has 1 aliphatic rings. The van der Waals surface area contributed by atoms with Crippen LogP contribution in [-0.4, -0.2) is 45.3 Å². The summed E-state index contributed by atoms with van der Waals surface area (Å²) in [6, 6.07) is 0.243. The van der Waals surface area contributed by atoms with Gasteiger partial charge in [0.2, 0.25) is 5.91 Å². The molecule has 1 fully saturated rings. The second-order valence-corrected chi connectivity index (χ2v) is 7.52. The summed E-state index contributed by atoms with van der Waals surface area (Å²) in [6.07, 6.45) is 8.82. The molecule has 0 bridgehead atoms. The molecule has 144 valence electrons. The maximum Gasteiger partial charge on any atom is 0.309 e. The Morgan fingerprint density at radius 3 is 2.62 bits per heavy atom. The number of amides is 2. The largest absolute Gasteiger partial charge is 0.481 e. The fourth-order valence-electron chi connectivity index (χ4n) is 2.93. The van der Waals surface area contributed by atoms with Gasteiger partial charge in [-0.05, 0) is 33.1 Å². The molecule has 0 unspecified atom stereocenters. The number of carboxylic acid groups (broad SMARTS) is 1. The number of aliphatic carboxylic acids is 1. The van der Waals surface area contributed by atoms with E-state index in [0.717, 1.165) is 25.7 Å². The minimum atomic E-state index is -0.899. The number of rotatable bonds is 8. The highest BCUT2D eigenvalue weighted by Gasteiger charge is 2.26. The molecule has 8 nitrogen and oxygen atoms in total. The van der Waals surface area contributed by atoms with Crippen LogP contribution in [0.3, 0.4) is 0 Å². The van der Waals surface area contributed by atoms with E-state index >= 15 is 0 Å². The van der Waals surface area contributed by atoms with Crippen LogP contribution < -0.4 is 10.6 Å². The highest BCUT2D eigenvalue weighted by Crippen LogP contribution is 2.19. The van der Waals surface area contributed by atoms with Crippen molar-refractivity contribution in [3.8, 4) is 0 Å². The molecule has 3 N–H and O–H groups in total. The van der Waals surface area contributed by atoms with Crippen molar-refractivity contribution in [3.05, 3.63) is 18.0 Å². The number of hydrogen-bond donors (Lipinski definition) is 3. The predicted octanol–water partition coefficient (Wildman–Crippen LogP) is 1.56. The number of nitrogens with one attached hydrogen (secondary N) is 2. The third-order valence-corrected chi connectivity index (χ3v) is 4.79. The Bertz CT molecular complexity index is 647. The summed E-state index contributed by atoms with van der Waals surface area (Å²) in [5.41, 5.74) is -0.544. The quantitative estimate of drug-likeness (QED) is 0.648. The van der Waals surface area contributed by atoms with Crippen LogP contribution in [-0.2, 0) is 16.1 Å². The van der Waals surface area contributed by atoms with Gasteiger partial charge in [0.1, 0.15) is 6.54 Å². The molecule has 8 heteroatoms. The van der Waals surface area contributed by atoms with Crippen LogP contribution in [0, 0.1) is 5.41 Å². The Morgan fingerprint density at radius 2 is 1.96 bits per heavy atom. The monoisotopic (exact) mass is 364 g/mol. The van der Waals surface area contributed by atoms with Crippen LogP contribution in [0.5, 0.6) is 0 Å². The normalized spacial score (nSPS) is 15.5. The number of hydrogen-bond acceptors (Lipinski definition) is 4. The Labute approximate surface area is 153 Å². The fourth-order valence-corrected chi connectivity index (χ4v) is 2.93. The first-order valence-electron chi connectivity index (χ1n) is 9.11. The number of carboxylic acids is 1. The smallest absolute Gasteiger partial charge is 0.309 e. The zero-order chi connectivity index (χ0) is 19.2. The molecule has 1 saturated carbocycles. The van der Waals surface area contributed by atoms with Gasteiger partial charge in [-0.2, -0.15) is 5.10 Å². The van der Waals surface area contributed by atoms with Gasteiger partial charge in [0.15, 0.2) is 0 Å². The lowest BCUT2D eigenvalue weighted by molar-refractivity contribution is -0.147. The Morgan fingerprint density at radius 1 is 1.27 bits per heavy atom. The zero-order valence-electron chi connectivity index (χ0n) is 15.5. The molecule has 1 aromatic heterocycles. The maximum atomic E-state index is 12.1. The molecule has 0 aliphatic heterocycles. The molecule has 0 atom stereocenters. The van der Waals surface area contributed by atoms with Gasteiger partial charge in [0.25, 0.3) is 5.91 Å². The van der Waals surface area contributed by atoms with Crippen molar-refractivity contribution < 1.29 is 19.5 Å². The molecule has 2 rings (SSSR count). The second kappa shape index (κ2) is 8.82. The number of carbonyl (C=O) groups is 3. The zero-order valence-corrected chi connectivity index (χ0v) is 15.5. The van der Waals surface area contributed by atoms with E-state index in [9.17, 15) is 14.4 Å². The summed E-state index contributed by atoms with van der Waals surface area (Å²) in [7, 11) is 0. The average molecular weight is 364 g/mol. The first-order valence-corrected chi connectivity index (χ1v) is 9.11. The van der Waals surface area contributed by atoms with E-state index in [1.165, 1.54) is 23.5 Å². The number of aromatic nitrogens is 2. The number of nitrogens with zero attached hydrogens (tertiary/aromatic N) is 2. The summed E-state index contributed by atoms with van der Waals surface area (Å²) < 4.78 is 1.44. The van der Waals surface area contributed by atoms with E-state index in [0.29, 0.717) is 12.0 Å². The van der Waals surface area contributed by atoms with Crippen molar-refractivity contribution in [1.82, 2.24) is 20.4 Å². The van der Waals surface area contributed by atoms with E-state index in [2.05, 4.69) is 15.7 Å². The summed E-state index contributed by atoms with van der Waals surface area (Å²) in [5, 5.41) is 18.8. The van der Waals surface area contributed by atoms with Crippen LogP contribution >= 0.6 is 0 Å². The van der Waals surface area contributed by atoms with Crippen LogP contribution in [0.1, 0.15) is 62.7 Å². The van der Waals surface area contributed by atoms with E-state index in [1.54, 1.807) is 13.8 Å². The van der Waals surface area contributed by atoms with Gasteiger partial charge in [-0.3, -0.25) is 19.1 Å². The van der Waals surface area contributed by atoms with E-state index in [1.807, 2.05) is 0 Å². The van der Waals surface area contributed by atoms with Crippen molar-refractivity contribution in [2.24, 2.45) is 5.41 Å². The average Bonchev–Trinajstić information content (AvgIpc) is 3.03. The van der Waals surface area contributed by atoms with E-state index in [4.69, 9.17) is 5.11 Å². The van der Waals surface area contributed by atoms with Crippen LogP contribution in [0.2, 0.25) is 0 Å². The third kappa shape index (κ3) is 5.86. The summed E-state index contributed by atoms with van der Waals surface area (Å²) in [4.78, 5) is 35.2. The van der Waals surface area contributed by atoms with Crippen molar-refractivity contribution in [2.75, 3.05) is 6.54 Å². The van der Waals surface area contributed by atoms with Crippen LogP contribution in [0.4, 0.5) is 0 Å². The third-order valence-electron chi connectivity index (χ3n) is 4.79. The molecule has 26 heavy (non-hydrogen) atoms. The summed E-state index contributed by atoms with van der Waals surface area (Å²) in [6.45, 7) is 3.57. The predicted molar refractivity (Wildman–Crippen MR) is 95.6 cm³/mol. The highest BCUT2D eigenvalue weighted by atomic mass is 16.4. The lowest BCUT2D eigenvalue weighted by atomic mass is 9.90. The number of carbonyl (C=O) groups excluding carboxylic acids is 2. The molecule has 2 amide bonds. The standard InChI is InChI=1S/C18H28N4O4/c1-18(2,17(25)26)8-9-19-16(24)13-10-20-22(11-13)12-15(23)21-14-6-4-3-5-7-14/h10-11,14H,3-9,12H2,1-2H3,(H,19,24)(H,21,23)(H,25,26). The second-order valence-electron chi connectivity index (χ2n) is 7.52. The Balaban J connectivity index is 1.78. The Kier molecular flexibility index (Phi) is 6.76. The van der Waals surface area contributed by atoms with Crippen LogP contribution in [0.25, 0.3) is 0 Å². The first-order chi connectivity index (χ1) is 12.3. The van der Waals surface area contributed by atoms with Crippen molar-refractivity contribution in [1.29, 1.82) is 0 Å². The molecular weight excluding hydrogens is 336 g/mol. The fraction of sp³-hybridized carbons (Fsp3) is 0.667. The minimum Gasteiger partial charge on any atom is -0.481 e. The first kappa shape index (κ1) is 19.9. The Hall–Kier alpha value is -2.38. The van der Waals surface area contributed by atoms with Crippen molar-refractivity contribution in [2.45, 2.75) is 65.0 Å². The summed E-state index contributed by atoms with van der Waals surface area (Å²) in [5.74, 6) is -1.33. The van der Waals surface area contributed by atoms with Crippen molar-refractivity contribution in [3.63, 3.8) is 0 Å². The van der Waals surface area contributed by atoms with Crippen molar-refractivity contribution >= 4 is 17.8 Å². The SMILES string of the molecule is CC(C)(CCNC(=O)c1cnn(CC(=O)NC2CCCCC2)c1)C(=O)O. The van der Waals surface area contributed by atoms with Gasteiger partial charge in [-0.25, -0.2) is 0 Å². The molecule has 0 aromatic carbocycles. The van der Waals surface area contributed by atoms with Gasteiger partial charge >= 0.3 is 5.97 Å². The lowest BCUT2D eigenvalue weighted by Crippen LogP contribution is -2.38. The molecule has 0 spiro atoms.